The fourth-order valence-corrected chi connectivity index (χ4v) is 5.39. The summed E-state index contributed by atoms with van der Waals surface area (Å²) < 4.78 is 0. The fourth-order valence-electron chi connectivity index (χ4n) is 5.39. The normalized spacial score (nSPS) is 15.8. The van der Waals surface area contributed by atoms with Crippen LogP contribution in [0.4, 0.5) is 11.4 Å². The molecule has 1 heterocycles. The lowest BCUT2D eigenvalue weighted by Gasteiger charge is -2.39. The highest BCUT2D eigenvalue weighted by atomic mass is 14.9. The average molecular weight is 388 g/mol. The number of rotatable bonds is 0. The molecular weight excluding hydrogens is 362 g/mol. The standard InChI is InChI=1S/C29H25N/c1-29(2,3)27-24-16-15-22-20-10-6-4-8-18(20)12-14-23(22)28(24)30-25-17-13-19-9-5-7-11-21(19)26(25)27/h4-17,27,30H,1-3H3. The van der Waals surface area contributed by atoms with Crippen molar-refractivity contribution >= 4 is 43.7 Å². The molecular formula is C29H25N. The van der Waals surface area contributed by atoms with E-state index in [1.807, 2.05) is 0 Å². The summed E-state index contributed by atoms with van der Waals surface area (Å²) in [6.07, 6.45) is 0. The zero-order chi connectivity index (χ0) is 20.5. The Balaban J connectivity index is 1.71. The maximum atomic E-state index is 3.84. The van der Waals surface area contributed by atoms with Gasteiger partial charge >= 0.3 is 0 Å². The Bertz CT molecular complexity index is 1450. The maximum Gasteiger partial charge on any atom is 0.0503 e. The SMILES string of the molecule is CC(C)(C)C1c2ccc3c(ccc4ccccc43)c2Nc2ccc3ccccc3c21. The summed E-state index contributed by atoms with van der Waals surface area (Å²) >= 11 is 0. The molecule has 0 bridgehead atoms. The van der Waals surface area contributed by atoms with Crippen molar-refractivity contribution in [1.82, 2.24) is 0 Å². The van der Waals surface area contributed by atoms with E-state index >= 15 is 0 Å². The van der Waals surface area contributed by atoms with Crippen LogP contribution in [0.15, 0.2) is 84.9 Å². The van der Waals surface area contributed by atoms with E-state index in [1.165, 1.54) is 54.8 Å². The smallest absolute Gasteiger partial charge is 0.0503 e. The first kappa shape index (κ1) is 17.5. The van der Waals surface area contributed by atoms with Crippen LogP contribution in [0.5, 0.6) is 0 Å². The summed E-state index contributed by atoms with van der Waals surface area (Å²) in [4.78, 5) is 0. The Morgan fingerprint density at radius 3 is 2.00 bits per heavy atom. The van der Waals surface area contributed by atoms with E-state index in [-0.39, 0.29) is 5.41 Å². The molecule has 30 heavy (non-hydrogen) atoms. The molecule has 6 rings (SSSR count). The molecule has 0 amide bonds. The lowest BCUT2D eigenvalue weighted by molar-refractivity contribution is 0.360. The zero-order valence-corrected chi connectivity index (χ0v) is 17.7. The van der Waals surface area contributed by atoms with Crippen LogP contribution in [-0.2, 0) is 0 Å². The molecule has 1 aliphatic rings. The number of hydrogen-bond donors (Lipinski definition) is 1. The second-order valence-electron chi connectivity index (χ2n) is 9.58. The molecule has 0 aliphatic carbocycles. The second kappa shape index (κ2) is 6.09. The van der Waals surface area contributed by atoms with Crippen LogP contribution >= 0.6 is 0 Å². The molecule has 5 aromatic carbocycles. The topological polar surface area (TPSA) is 12.0 Å². The lowest BCUT2D eigenvalue weighted by atomic mass is 9.68. The van der Waals surface area contributed by atoms with Gasteiger partial charge in [0, 0.05) is 17.0 Å². The van der Waals surface area contributed by atoms with E-state index in [4.69, 9.17) is 0 Å². The van der Waals surface area contributed by atoms with Gasteiger partial charge in [-0.05, 0) is 49.5 Å². The molecule has 0 aromatic heterocycles. The van der Waals surface area contributed by atoms with Gasteiger partial charge in [-0.15, -0.1) is 0 Å². The first-order chi connectivity index (χ1) is 14.5. The van der Waals surface area contributed by atoms with Crippen LogP contribution in [-0.4, -0.2) is 0 Å². The molecule has 1 atom stereocenters. The largest absolute Gasteiger partial charge is 0.355 e. The number of benzene rings is 5. The highest BCUT2D eigenvalue weighted by molar-refractivity contribution is 6.13. The Kier molecular flexibility index (Phi) is 3.56. The summed E-state index contributed by atoms with van der Waals surface area (Å²) in [5, 5.41) is 11.7. The molecule has 1 heteroatoms. The van der Waals surface area contributed by atoms with Gasteiger partial charge in [0.1, 0.15) is 0 Å². The van der Waals surface area contributed by atoms with Crippen molar-refractivity contribution in [1.29, 1.82) is 0 Å². The van der Waals surface area contributed by atoms with Gasteiger partial charge in [0.05, 0.1) is 5.69 Å². The summed E-state index contributed by atoms with van der Waals surface area (Å²) in [7, 11) is 0. The third-order valence-corrected chi connectivity index (χ3v) is 6.65. The fraction of sp³-hybridized carbons (Fsp3) is 0.172. The lowest BCUT2D eigenvalue weighted by Crippen LogP contribution is -2.25. The van der Waals surface area contributed by atoms with Crippen molar-refractivity contribution in [3.8, 4) is 0 Å². The minimum Gasteiger partial charge on any atom is -0.355 e. The number of anilines is 2. The molecule has 0 spiro atoms. The Hall–Kier alpha value is -3.32. The van der Waals surface area contributed by atoms with E-state index < -0.39 is 0 Å². The van der Waals surface area contributed by atoms with Crippen LogP contribution in [0.3, 0.4) is 0 Å². The van der Waals surface area contributed by atoms with Gasteiger partial charge < -0.3 is 5.32 Å². The number of hydrogen-bond acceptors (Lipinski definition) is 1. The maximum absolute atomic E-state index is 3.84. The van der Waals surface area contributed by atoms with E-state index in [9.17, 15) is 0 Å². The zero-order valence-electron chi connectivity index (χ0n) is 17.7. The molecule has 0 saturated heterocycles. The van der Waals surface area contributed by atoms with E-state index in [1.54, 1.807) is 0 Å². The quantitative estimate of drug-likeness (QED) is 0.263. The second-order valence-corrected chi connectivity index (χ2v) is 9.58. The van der Waals surface area contributed by atoms with Gasteiger partial charge in [-0.2, -0.15) is 0 Å². The highest BCUT2D eigenvalue weighted by Crippen LogP contribution is 2.53. The van der Waals surface area contributed by atoms with Gasteiger partial charge in [-0.1, -0.05) is 99.6 Å². The van der Waals surface area contributed by atoms with Gasteiger partial charge in [0.2, 0.25) is 0 Å². The Labute approximate surface area is 177 Å². The third-order valence-electron chi connectivity index (χ3n) is 6.65. The van der Waals surface area contributed by atoms with Crippen molar-refractivity contribution in [2.45, 2.75) is 26.7 Å². The van der Waals surface area contributed by atoms with Crippen molar-refractivity contribution in [3.63, 3.8) is 0 Å². The van der Waals surface area contributed by atoms with E-state index in [2.05, 4.69) is 111 Å². The molecule has 1 unspecified atom stereocenters. The predicted molar refractivity (Wildman–Crippen MR) is 130 cm³/mol. The molecule has 0 saturated carbocycles. The molecule has 146 valence electrons. The first-order valence-electron chi connectivity index (χ1n) is 10.8. The van der Waals surface area contributed by atoms with Crippen LogP contribution in [0.1, 0.15) is 37.8 Å². The third kappa shape index (κ3) is 2.42. The van der Waals surface area contributed by atoms with Crippen LogP contribution in [0.2, 0.25) is 0 Å². The molecule has 0 radical (unpaired) electrons. The summed E-state index contributed by atoms with van der Waals surface area (Å²) in [6.45, 7) is 7.09. The molecule has 1 aliphatic heterocycles. The van der Waals surface area contributed by atoms with Crippen molar-refractivity contribution in [3.05, 3.63) is 96.1 Å². The predicted octanol–water partition coefficient (Wildman–Crippen LogP) is 8.38. The molecule has 1 nitrogen and oxygen atoms in total. The number of fused-ring (bicyclic) bond motifs is 8. The molecule has 1 N–H and O–H groups in total. The minimum absolute atomic E-state index is 0.0975. The molecule has 5 aromatic rings. The average Bonchev–Trinajstić information content (AvgIpc) is 2.76. The van der Waals surface area contributed by atoms with Crippen molar-refractivity contribution < 1.29 is 0 Å². The monoisotopic (exact) mass is 387 g/mol. The Morgan fingerprint density at radius 1 is 0.600 bits per heavy atom. The summed E-state index contributed by atoms with van der Waals surface area (Å²) in [6, 6.07) is 31.2. The van der Waals surface area contributed by atoms with Gasteiger partial charge in [-0.3, -0.25) is 0 Å². The van der Waals surface area contributed by atoms with Crippen molar-refractivity contribution in [2.24, 2.45) is 5.41 Å². The van der Waals surface area contributed by atoms with Crippen LogP contribution in [0, 0.1) is 5.41 Å². The summed E-state index contributed by atoms with van der Waals surface area (Å²) in [5.74, 6) is 0.325. The van der Waals surface area contributed by atoms with Gasteiger partial charge in [0.25, 0.3) is 0 Å². The van der Waals surface area contributed by atoms with Crippen LogP contribution in [0.25, 0.3) is 32.3 Å². The highest BCUT2D eigenvalue weighted by Gasteiger charge is 2.36. The van der Waals surface area contributed by atoms with Crippen molar-refractivity contribution in [2.75, 3.05) is 5.32 Å². The van der Waals surface area contributed by atoms with Crippen LogP contribution < -0.4 is 5.32 Å². The van der Waals surface area contributed by atoms with Gasteiger partial charge in [-0.25, -0.2) is 0 Å². The first-order valence-corrected chi connectivity index (χ1v) is 10.8. The number of nitrogens with one attached hydrogen (secondary N) is 1. The van der Waals surface area contributed by atoms with E-state index in [0.29, 0.717) is 5.92 Å². The van der Waals surface area contributed by atoms with Gasteiger partial charge in [0.15, 0.2) is 0 Å². The molecule has 0 fully saturated rings. The van der Waals surface area contributed by atoms with E-state index in [0.717, 1.165) is 0 Å². The Morgan fingerprint density at radius 2 is 1.23 bits per heavy atom. The minimum atomic E-state index is 0.0975. The summed E-state index contributed by atoms with van der Waals surface area (Å²) in [5.41, 5.74) is 5.42.